The van der Waals surface area contributed by atoms with Gasteiger partial charge in [-0.1, -0.05) is 12.8 Å². The van der Waals surface area contributed by atoms with Crippen molar-refractivity contribution in [2.75, 3.05) is 38.6 Å². The third kappa shape index (κ3) is 5.10. The molecule has 2 amide bonds. The number of halogens is 1. The lowest BCUT2D eigenvalue weighted by Crippen LogP contribution is -2.56. The van der Waals surface area contributed by atoms with Crippen LogP contribution in [-0.2, 0) is 4.79 Å². The fourth-order valence-electron chi connectivity index (χ4n) is 4.82. The van der Waals surface area contributed by atoms with Gasteiger partial charge in [-0.3, -0.25) is 14.5 Å². The van der Waals surface area contributed by atoms with Crippen LogP contribution in [0.3, 0.4) is 0 Å². The molecular formula is C25H30FN3O3. The minimum absolute atomic E-state index is 0.000447. The molecule has 0 radical (unpaired) electrons. The van der Waals surface area contributed by atoms with Crippen LogP contribution in [0.25, 0.3) is 0 Å². The molecule has 2 fully saturated rings. The van der Waals surface area contributed by atoms with Gasteiger partial charge < -0.3 is 15.0 Å². The van der Waals surface area contributed by atoms with Gasteiger partial charge in [0.15, 0.2) is 0 Å². The van der Waals surface area contributed by atoms with Gasteiger partial charge in [0.25, 0.3) is 5.91 Å². The summed E-state index contributed by atoms with van der Waals surface area (Å²) < 4.78 is 18.4. The normalized spacial score (nSPS) is 18.4. The van der Waals surface area contributed by atoms with Crippen molar-refractivity contribution < 1.29 is 18.7 Å². The van der Waals surface area contributed by atoms with Crippen molar-refractivity contribution >= 4 is 17.5 Å². The number of hydrogen-bond acceptors (Lipinski definition) is 4. The van der Waals surface area contributed by atoms with E-state index in [1.165, 1.54) is 12.1 Å². The first kappa shape index (κ1) is 22.3. The molecule has 1 atom stereocenters. The first-order chi connectivity index (χ1) is 15.5. The van der Waals surface area contributed by atoms with E-state index in [4.69, 9.17) is 4.74 Å². The molecule has 1 saturated carbocycles. The summed E-state index contributed by atoms with van der Waals surface area (Å²) in [5.41, 5.74) is 1.24. The summed E-state index contributed by atoms with van der Waals surface area (Å²) in [6.45, 7) is 2.47. The van der Waals surface area contributed by atoms with Crippen LogP contribution in [0, 0.1) is 11.7 Å². The number of rotatable bonds is 6. The van der Waals surface area contributed by atoms with Gasteiger partial charge in [0, 0.05) is 37.4 Å². The maximum Gasteiger partial charge on any atom is 0.253 e. The molecular weight excluding hydrogens is 409 g/mol. The van der Waals surface area contributed by atoms with Gasteiger partial charge in [0.2, 0.25) is 5.91 Å². The monoisotopic (exact) mass is 439 g/mol. The second-order valence-corrected chi connectivity index (χ2v) is 8.54. The van der Waals surface area contributed by atoms with E-state index in [0.717, 1.165) is 31.4 Å². The van der Waals surface area contributed by atoms with Crippen LogP contribution in [0.5, 0.6) is 5.75 Å². The summed E-state index contributed by atoms with van der Waals surface area (Å²) in [6.07, 6.45) is 4.35. The summed E-state index contributed by atoms with van der Waals surface area (Å²) in [5, 5.41) is 2.97. The Bertz CT molecular complexity index is 918. The number of nitrogens with zero attached hydrogens (tertiary/aromatic N) is 2. The number of benzene rings is 2. The van der Waals surface area contributed by atoms with Crippen molar-refractivity contribution in [3.63, 3.8) is 0 Å². The molecule has 1 heterocycles. The summed E-state index contributed by atoms with van der Waals surface area (Å²) in [6, 6.07) is 12.8. The largest absolute Gasteiger partial charge is 0.497 e. The van der Waals surface area contributed by atoms with E-state index in [1.54, 1.807) is 43.5 Å². The fraction of sp³-hybridized carbons (Fsp3) is 0.440. The fourth-order valence-corrected chi connectivity index (χ4v) is 4.82. The second kappa shape index (κ2) is 10.1. The number of anilines is 1. The Kier molecular flexibility index (Phi) is 7.05. The Morgan fingerprint density at radius 3 is 2.19 bits per heavy atom. The standard InChI is InChI=1S/C25H30FN3O3/c1-32-22-12-6-19(7-13-22)25(31)29-16-14-28(15-17-29)23(18-4-2-3-5-18)24(30)27-21-10-8-20(26)9-11-21/h6-13,18,23H,2-5,14-17H2,1H3,(H,27,30). The molecule has 1 saturated heterocycles. The molecule has 32 heavy (non-hydrogen) atoms. The van der Waals surface area contributed by atoms with Gasteiger partial charge in [-0.25, -0.2) is 4.39 Å². The Morgan fingerprint density at radius 2 is 1.59 bits per heavy atom. The summed E-state index contributed by atoms with van der Waals surface area (Å²) in [4.78, 5) is 30.2. The lowest BCUT2D eigenvalue weighted by atomic mass is 9.94. The molecule has 2 aromatic carbocycles. The molecule has 4 rings (SSSR count). The lowest BCUT2D eigenvalue weighted by molar-refractivity contribution is -0.123. The van der Waals surface area contributed by atoms with Crippen molar-refractivity contribution in [2.45, 2.75) is 31.7 Å². The van der Waals surface area contributed by atoms with Crippen LogP contribution in [-0.4, -0.2) is 60.9 Å². The van der Waals surface area contributed by atoms with Crippen molar-refractivity contribution in [3.05, 3.63) is 59.9 Å². The number of nitrogens with one attached hydrogen (secondary N) is 1. The minimum Gasteiger partial charge on any atom is -0.497 e. The van der Waals surface area contributed by atoms with Crippen molar-refractivity contribution in [3.8, 4) is 5.75 Å². The molecule has 1 unspecified atom stereocenters. The summed E-state index contributed by atoms with van der Waals surface area (Å²) >= 11 is 0. The highest BCUT2D eigenvalue weighted by Gasteiger charge is 2.37. The Morgan fingerprint density at radius 1 is 0.969 bits per heavy atom. The molecule has 170 valence electrons. The average molecular weight is 440 g/mol. The van der Waals surface area contributed by atoms with E-state index in [-0.39, 0.29) is 23.7 Å². The van der Waals surface area contributed by atoms with Gasteiger partial charge in [-0.2, -0.15) is 0 Å². The van der Waals surface area contributed by atoms with Gasteiger partial charge in [0.1, 0.15) is 11.6 Å². The third-order valence-electron chi connectivity index (χ3n) is 6.56. The topological polar surface area (TPSA) is 61.9 Å². The van der Waals surface area contributed by atoms with E-state index in [1.807, 2.05) is 4.90 Å². The summed E-state index contributed by atoms with van der Waals surface area (Å²) in [7, 11) is 1.60. The minimum atomic E-state index is -0.326. The predicted molar refractivity (Wildman–Crippen MR) is 121 cm³/mol. The molecule has 2 aromatic rings. The number of methoxy groups -OCH3 is 1. The number of ether oxygens (including phenoxy) is 1. The smallest absolute Gasteiger partial charge is 0.253 e. The quantitative estimate of drug-likeness (QED) is 0.744. The Hall–Kier alpha value is -2.93. The third-order valence-corrected chi connectivity index (χ3v) is 6.56. The van der Waals surface area contributed by atoms with Crippen LogP contribution in [0.1, 0.15) is 36.0 Å². The Labute approximate surface area is 188 Å². The van der Waals surface area contributed by atoms with Gasteiger partial charge >= 0.3 is 0 Å². The zero-order valence-electron chi connectivity index (χ0n) is 18.4. The highest BCUT2D eigenvalue weighted by atomic mass is 19.1. The summed E-state index contributed by atoms with van der Waals surface area (Å²) in [5.74, 6) is 0.657. The first-order valence-electron chi connectivity index (χ1n) is 11.3. The van der Waals surface area contributed by atoms with Crippen LogP contribution < -0.4 is 10.1 Å². The highest BCUT2D eigenvalue weighted by Crippen LogP contribution is 2.32. The predicted octanol–water partition coefficient (Wildman–Crippen LogP) is 3.79. The maximum atomic E-state index is 13.2. The molecule has 0 aromatic heterocycles. The number of hydrogen-bond donors (Lipinski definition) is 1. The van der Waals surface area contributed by atoms with Gasteiger partial charge in [0.05, 0.1) is 13.2 Å². The van der Waals surface area contributed by atoms with Crippen LogP contribution in [0.15, 0.2) is 48.5 Å². The van der Waals surface area contributed by atoms with Crippen molar-refractivity contribution in [1.82, 2.24) is 9.80 Å². The van der Waals surface area contributed by atoms with E-state index >= 15 is 0 Å². The maximum absolute atomic E-state index is 13.2. The molecule has 0 bridgehead atoms. The lowest BCUT2D eigenvalue weighted by Gasteiger charge is -2.40. The number of amides is 2. The number of carbonyl (C=O) groups excluding carboxylic acids is 2. The van der Waals surface area contributed by atoms with Crippen molar-refractivity contribution in [1.29, 1.82) is 0 Å². The van der Waals surface area contributed by atoms with Gasteiger partial charge in [-0.15, -0.1) is 0 Å². The van der Waals surface area contributed by atoms with E-state index in [2.05, 4.69) is 10.2 Å². The first-order valence-corrected chi connectivity index (χ1v) is 11.3. The van der Waals surface area contributed by atoms with Gasteiger partial charge in [-0.05, 0) is 67.3 Å². The SMILES string of the molecule is COc1ccc(C(=O)N2CCN(C(C(=O)Nc3ccc(F)cc3)C3CCCC3)CC2)cc1. The molecule has 1 aliphatic heterocycles. The number of carbonyl (C=O) groups is 2. The van der Waals surface area contributed by atoms with Crippen LogP contribution in [0.4, 0.5) is 10.1 Å². The highest BCUT2D eigenvalue weighted by molar-refractivity contribution is 5.95. The van der Waals surface area contributed by atoms with Crippen LogP contribution >= 0.6 is 0 Å². The Balaban J connectivity index is 1.41. The zero-order chi connectivity index (χ0) is 22.5. The van der Waals surface area contributed by atoms with E-state index < -0.39 is 0 Å². The average Bonchev–Trinajstić information content (AvgIpc) is 3.35. The van der Waals surface area contributed by atoms with E-state index in [0.29, 0.717) is 43.3 Å². The molecule has 0 spiro atoms. The molecule has 1 N–H and O–H groups in total. The molecule has 6 nitrogen and oxygen atoms in total. The number of piperazine rings is 1. The van der Waals surface area contributed by atoms with Crippen molar-refractivity contribution in [2.24, 2.45) is 5.92 Å². The van der Waals surface area contributed by atoms with E-state index in [9.17, 15) is 14.0 Å². The second-order valence-electron chi connectivity index (χ2n) is 8.54. The molecule has 1 aliphatic carbocycles. The molecule has 2 aliphatic rings. The molecule has 7 heteroatoms. The zero-order valence-corrected chi connectivity index (χ0v) is 18.4. The van der Waals surface area contributed by atoms with Crippen LogP contribution in [0.2, 0.25) is 0 Å².